The van der Waals surface area contributed by atoms with E-state index in [9.17, 15) is 9.59 Å². The molecular formula is C12H11ClO3. The Morgan fingerprint density at radius 2 is 2.06 bits per heavy atom. The minimum atomic E-state index is -0.892. The normalized spacial score (nSPS) is 22.9. The Hall–Kier alpha value is -1.35. The number of Topliss-reactive ketones (excluding diaryl/α,β-unsaturated/α-hetero) is 1. The minimum Gasteiger partial charge on any atom is -0.481 e. The van der Waals surface area contributed by atoms with E-state index in [1.54, 1.807) is 18.2 Å². The summed E-state index contributed by atoms with van der Waals surface area (Å²) in [4.78, 5) is 22.5. The van der Waals surface area contributed by atoms with E-state index in [1.165, 1.54) is 0 Å². The van der Waals surface area contributed by atoms with Crippen molar-refractivity contribution in [1.82, 2.24) is 0 Å². The van der Waals surface area contributed by atoms with Crippen molar-refractivity contribution in [1.29, 1.82) is 0 Å². The van der Waals surface area contributed by atoms with Crippen molar-refractivity contribution in [2.45, 2.75) is 13.3 Å². The van der Waals surface area contributed by atoms with Crippen molar-refractivity contribution in [3.05, 3.63) is 34.3 Å². The van der Waals surface area contributed by atoms with Gasteiger partial charge in [-0.1, -0.05) is 23.7 Å². The molecule has 0 radical (unpaired) electrons. The molecule has 0 bridgehead atoms. The number of ketones is 1. The Kier molecular flexibility index (Phi) is 2.72. The smallest absolute Gasteiger partial charge is 0.307 e. The third-order valence-corrected chi connectivity index (χ3v) is 3.31. The maximum absolute atomic E-state index is 11.9. The molecule has 0 unspecified atom stereocenters. The van der Waals surface area contributed by atoms with Crippen LogP contribution < -0.4 is 0 Å². The Bertz CT molecular complexity index is 467. The fraction of sp³-hybridized carbons (Fsp3) is 0.333. The molecule has 0 spiro atoms. The number of aliphatic carboxylic acids is 1. The number of carbonyl (C=O) groups excluding carboxylic acids is 1. The number of carbonyl (C=O) groups is 2. The molecule has 1 aromatic carbocycles. The van der Waals surface area contributed by atoms with Gasteiger partial charge in [0.15, 0.2) is 5.78 Å². The van der Waals surface area contributed by atoms with Crippen LogP contribution in [-0.2, 0) is 4.79 Å². The van der Waals surface area contributed by atoms with E-state index in [4.69, 9.17) is 16.7 Å². The molecule has 0 aliphatic heterocycles. The highest BCUT2D eigenvalue weighted by atomic mass is 35.5. The second-order valence-electron chi connectivity index (χ2n) is 4.12. The minimum absolute atomic E-state index is 0.116. The van der Waals surface area contributed by atoms with Gasteiger partial charge in [0.05, 0.1) is 5.92 Å². The highest BCUT2D eigenvalue weighted by Crippen LogP contribution is 2.41. The van der Waals surface area contributed by atoms with Crippen LogP contribution in [-0.4, -0.2) is 16.9 Å². The first-order valence-electron chi connectivity index (χ1n) is 5.04. The van der Waals surface area contributed by atoms with Gasteiger partial charge in [-0.3, -0.25) is 9.59 Å². The molecule has 4 heteroatoms. The summed E-state index contributed by atoms with van der Waals surface area (Å²) in [7, 11) is 0. The average molecular weight is 239 g/mol. The fourth-order valence-electron chi connectivity index (χ4n) is 1.72. The lowest BCUT2D eigenvalue weighted by molar-refractivity contribution is -0.138. The van der Waals surface area contributed by atoms with Gasteiger partial charge in [-0.05, 0) is 25.0 Å². The number of benzene rings is 1. The molecular weight excluding hydrogens is 228 g/mol. The van der Waals surface area contributed by atoms with Crippen LogP contribution in [0.5, 0.6) is 0 Å². The summed E-state index contributed by atoms with van der Waals surface area (Å²) < 4.78 is 0. The molecule has 1 aromatic rings. The maximum Gasteiger partial charge on any atom is 0.307 e. The largest absolute Gasteiger partial charge is 0.481 e. The monoisotopic (exact) mass is 238 g/mol. The van der Waals surface area contributed by atoms with E-state index in [-0.39, 0.29) is 11.7 Å². The predicted molar refractivity (Wildman–Crippen MR) is 59.8 cm³/mol. The zero-order valence-electron chi connectivity index (χ0n) is 8.74. The summed E-state index contributed by atoms with van der Waals surface area (Å²) in [6.07, 6.45) is 0.444. The van der Waals surface area contributed by atoms with Crippen molar-refractivity contribution < 1.29 is 14.7 Å². The summed E-state index contributed by atoms with van der Waals surface area (Å²) >= 11 is 5.91. The summed E-state index contributed by atoms with van der Waals surface area (Å²) in [5.41, 5.74) is 1.41. The SMILES string of the molecule is Cc1ccc(C(=O)[C@H]2C[C@@H]2C(=O)O)cc1Cl. The predicted octanol–water partition coefficient (Wildman–Crippen LogP) is 2.55. The van der Waals surface area contributed by atoms with E-state index in [0.29, 0.717) is 17.0 Å². The lowest BCUT2D eigenvalue weighted by Crippen LogP contribution is -2.08. The van der Waals surface area contributed by atoms with Crippen molar-refractivity contribution >= 4 is 23.4 Å². The first-order valence-corrected chi connectivity index (χ1v) is 5.41. The van der Waals surface area contributed by atoms with Crippen LogP contribution in [0.2, 0.25) is 5.02 Å². The Morgan fingerprint density at radius 1 is 1.38 bits per heavy atom. The molecule has 2 atom stereocenters. The third kappa shape index (κ3) is 1.95. The molecule has 84 valence electrons. The second-order valence-corrected chi connectivity index (χ2v) is 4.52. The number of hydrogen-bond donors (Lipinski definition) is 1. The van der Waals surface area contributed by atoms with Crippen molar-refractivity contribution in [3.8, 4) is 0 Å². The van der Waals surface area contributed by atoms with Crippen LogP contribution in [0.25, 0.3) is 0 Å². The van der Waals surface area contributed by atoms with Gasteiger partial charge in [0.2, 0.25) is 0 Å². The number of carboxylic acids is 1. The van der Waals surface area contributed by atoms with Crippen LogP contribution in [0.4, 0.5) is 0 Å². The van der Waals surface area contributed by atoms with E-state index < -0.39 is 11.9 Å². The molecule has 2 rings (SSSR count). The molecule has 1 N–H and O–H groups in total. The van der Waals surface area contributed by atoms with Gasteiger partial charge in [0.25, 0.3) is 0 Å². The first-order chi connectivity index (χ1) is 7.50. The highest BCUT2D eigenvalue weighted by molar-refractivity contribution is 6.31. The highest BCUT2D eigenvalue weighted by Gasteiger charge is 2.48. The van der Waals surface area contributed by atoms with Gasteiger partial charge in [-0.2, -0.15) is 0 Å². The topological polar surface area (TPSA) is 54.4 Å². The van der Waals surface area contributed by atoms with Crippen molar-refractivity contribution in [3.63, 3.8) is 0 Å². The van der Waals surface area contributed by atoms with Crippen LogP contribution in [0.1, 0.15) is 22.3 Å². The van der Waals surface area contributed by atoms with Crippen LogP contribution in [0.3, 0.4) is 0 Å². The van der Waals surface area contributed by atoms with Crippen molar-refractivity contribution in [2.75, 3.05) is 0 Å². The summed E-state index contributed by atoms with van der Waals surface area (Å²) in [6.45, 7) is 1.85. The molecule has 1 saturated carbocycles. The van der Waals surface area contributed by atoms with Gasteiger partial charge in [-0.15, -0.1) is 0 Å². The quantitative estimate of drug-likeness (QED) is 0.824. The molecule has 0 heterocycles. The molecule has 0 saturated heterocycles. The molecule has 1 aliphatic carbocycles. The number of carboxylic acid groups (broad SMARTS) is 1. The Balaban J connectivity index is 2.17. The standard InChI is InChI=1S/C12H11ClO3/c1-6-2-3-7(4-10(6)13)11(14)8-5-9(8)12(15)16/h2-4,8-9H,5H2,1H3,(H,15,16)/t8-,9-/m0/s1. The van der Waals surface area contributed by atoms with Crippen molar-refractivity contribution in [2.24, 2.45) is 11.8 Å². The van der Waals surface area contributed by atoms with Gasteiger partial charge in [-0.25, -0.2) is 0 Å². The van der Waals surface area contributed by atoms with Gasteiger partial charge in [0.1, 0.15) is 0 Å². The number of aryl methyl sites for hydroxylation is 1. The molecule has 1 aliphatic rings. The first kappa shape index (κ1) is 11.1. The second kappa shape index (κ2) is 3.91. The summed E-state index contributed by atoms with van der Waals surface area (Å²) in [5, 5.41) is 9.28. The lowest BCUT2D eigenvalue weighted by atomic mass is 10.0. The van der Waals surface area contributed by atoms with E-state index >= 15 is 0 Å². The van der Waals surface area contributed by atoms with Gasteiger partial charge in [0, 0.05) is 16.5 Å². The number of halogens is 1. The van der Waals surface area contributed by atoms with Crippen LogP contribution >= 0.6 is 11.6 Å². The molecule has 1 fully saturated rings. The maximum atomic E-state index is 11.9. The number of hydrogen-bond acceptors (Lipinski definition) is 2. The third-order valence-electron chi connectivity index (χ3n) is 2.90. The lowest BCUT2D eigenvalue weighted by Gasteiger charge is -2.02. The number of rotatable bonds is 3. The van der Waals surface area contributed by atoms with E-state index in [0.717, 1.165) is 5.56 Å². The summed E-state index contributed by atoms with van der Waals surface area (Å²) in [5.74, 6) is -1.88. The van der Waals surface area contributed by atoms with Gasteiger partial charge >= 0.3 is 5.97 Å². The Labute approximate surface area is 98.0 Å². The average Bonchev–Trinajstić information content (AvgIpc) is 3.01. The Morgan fingerprint density at radius 3 is 2.56 bits per heavy atom. The van der Waals surface area contributed by atoms with Gasteiger partial charge < -0.3 is 5.11 Å². The zero-order chi connectivity index (χ0) is 11.9. The zero-order valence-corrected chi connectivity index (χ0v) is 9.49. The van der Waals surface area contributed by atoms with E-state index in [2.05, 4.69) is 0 Å². The summed E-state index contributed by atoms with van der Waals surface area (Å²) in [6, 6.07) is 5.07. The molecule has 3 nitrogen and oxygen atoms in total. The van der Waals surface area contributed by atoms with Crippen LogP contribution in [0, 0.1) is 18.8 Å². The molecule has 0 amide bonds. The molecule has 16 heavy (non-hydrogen) atoms. The molecule has 0 aromatic heterocycles. The van der Waals surface area contributed by atoms with Crippen LogP contribution in [0.15, 0.2) is 18.2 Å². The fourth-order valence-corrected chi connectivity index (χ4v) is 1.90. The van der Waals surface area contributed by atoms with E-state index in [1.807, 2.05) is 6.92 Å².